The summed E-state index contributed by atoms with van der Waals surface area (Å²) in [7, 11) is 0. The number of halogens is 1. The van der Waals surface area contributed by atoms with Crippen molar-refractivity contribution in [1.82, 2.24) is 10.3 Å². The Morgan fingerprint density at radius 1 is 1.20 bits per heavy atom. The highest BCUT2D eigenvalue weighted by molar-refractivity contribution is 6.30. The Balaban J connectivity index is 2.19. The molecule has 0 saturated carbocycles. The first-order valence-corrected chi connectivity index (χ1v) is 7.48. The van der Waals surface area contributed by atoms with Gasteiger partial charge in [-0.05, 0) is 55.6 Å². The second-order valence-corrected chi connectivity index (χ2v) is 5.48. The van der Waals surface area contributed by atoms with Crippen LogP contribution in [0.5, 0.6) is 0 Å². The second-order valence-electron chi connectivity index (χ2n) is 5.04. The van der Waals surface area contributed by atoms with Gasteiger partial charge in [-0.3, -0.25) is 4.98 Å². The molecule has 1 heterocycles. The third-order valence-corrected chi connectivity index (χ3v) is 3.63. The number of hydrogen-bond donors (Lipinski definition) is 1. The molecule has 3 heteroatoms. The molecule has 0 fully saturated rings. The van der Waals surface area contributed by atoms with Gasteiger partial charge in [-0.25, -0.2) is 0 Å². The van der Waals surface area contributed by atoms with E-state index in [9.17, 15) is 0 Å². The van der Waals surface area contributed by atoms with Crippen molar-refractivity contribution in [1.29, 1.82) is 0 Å². The van der Waals surface area contributed by atoms with E-state index in [1.54, 1.807) is 0 Å². The molecule has 106 valence electrons. The maximum atomic E-state index is 5.95. The van der Waals surface area contributed by atoms with Crippen molar-refractivity contribution in [2.45, 2.75) is 32.7 Å². The maximum Gasteiger partial charge on any atom is 0.0605 e. The smallest absolute Gasteiger partial charge is 0.0605 e. The van der Waals surface area contributed by atoms with E-state index in [1.165, 1.54) is 11.1 Å². The molecule has 0 aliphatic rings. The lowest BCUT2D eigenvalue weighted by molar-refractivity contribution is 0.515. The summed E-state index contributed by atoms with van der Waals surface area (Å²) in [5.41, 5.74) is 3.64. The third-order valence-electron chi connectivity index (χ3n) is 3.37. The molecule has 1 atom stereocenters. The molecule has 0 saturated heterocycles. The second kappa shape index (κ2) is 7.41. The monoisotopic (exact) mass is 288 g/mol. The Labute approximate surface area is 126 Å². The van der Waals surface area contributed by atoms with Crippen molar-refractivity contribution in [3.05, 3.63) is 64.4 Å². The van der Waals surface area contributed by atoms with Crippen LogP contribution in [-0.2, 0) is 6.42 Å². The Morgan fingerprint density at radius 3 is 2.60 bits per heavy atom. The van der Waals surface area contributed by atoms with Crippen LogP contribution in [0.15, 0.2) is 42.6 Å². The van der Waals surface area contributed by atoms with E-state index < -0.39 is 0 Å². The lowest BCUT2D eigenvalue weighted by Crippen LogP contribution is -2.25. The number of pyridine rings is 1. The summed E-state index contributed by atoms with van der Waals surface area (Å²) < 4.78 is 0. The SMILES string of the molecule is CCCNC(Cc1ccc(Cl)cc1)c1ncccc1C. The zero-order chi connectivity index (χ0) is 14.4. The fourth-order valence-corrected chi connectivity index (χ4v) is 2.43. The van der Waals surface area contributed by atoms with E-state index in [2.05, 4.69) is 42.3 Å². The standard InChI is InChI=1S/C17H21ClN2/c1-3-10-19-16(17-13(2)5-4-11-20-17)12-14-6-8-15(18)9-7-14/h4-9,11,16,19H,3,10,12H2,1-2H3. The Bertz CT molecular complexity index is 537. The number of hydrogen-bond acceptors (Lipinski definition) is 2. The van der Waals surface area contributed by atoms with Gasteiger partial charge in [0.1, 0.15) is 0 Å². The van der Waals surface area contributed by atoms with Crippen molar-refractivity contribution in [2.75, 3.05) is 6.54 Å². The third kappa shape index (κ3) is 4.06. The maximum absolute atomic E-state index is 5.95. The van der Waals surface area contributed by atoms with Crippen LogP contribution >= 0.6 is 11.6 Å². The summed E-state index contributed by atoms with van der Waals surface area (Å²) in [6.45, 7) is 5.29. The van der Waals surface area contributed by atoms with Gasteiger partial charge in [0.05, 0.1) is 11.7 Å². The normalized spacial score (nSPS) is 12.3. The van der Waals surface area contributed by atoms with E-state index in [0.717, 1.165) is 30.1 Å². The van der Waals surface area contributed by atoms with Crippen LogP contribution in [0.25, 0.3) is 0 Å². The largest absolute Gasteiger partial charge is 0.308 e. The fourth-order valence-electron chi connectivity index (χ4n) is 2.30. The molecule has 0 aliphatic heterocycles. The first-order valence-electron chi connectivity index (χ1n) is 7.10. The molecule has 2 aromatic rings. The number of rotatable bonds is 6. The topological polar surface area (TPSA) is 24.9 Å². The number of aromatic nitrogens is 1. The Morgan fingerprint density at radius 2 is 1.95 bits per heavy atom. The summed E-state index contributed by atoms with van der Waals surface area (Å²) >= 11 is 5.95. The van der Waals surface area contributed by atoms with Crippen LogP contribution in [0.2, 0.25) is 5.02 Å². The Hall–Kier alpha value is -1.38. The molecule has 1 aromatic carbocycles. The summed E-state index contributed by atoms with van der Waals surface area (Å²) in [5.74, 6) is 0. The zero-order valence-corrected chi connectivity index (χ0v) is 12.8. The predicted octanol–water partition coefficient (Wildman–Crippen LogP) is 4.33. The highest BCUT2D eigenvalue weighted by Gasteiger charge is 2.14. The average molecular weight is 289 g/mol. The van der Waals surface area contributed by atoms with Crippen LogP contribution in [0.1, 0.15) is 36.2 Å². The number of nitrogens with zero attached hydrogens (tertiary/aromatic N) is 1. The van der Waals surface area contributed by atoms with Crippen LogP contribution in [-0.4, -0.2) is 11.5 Å². The zero-order valence-electron chi connectivity index (χ0n) is 12.1. The molecular weight excluding hydrogens is 268 g/mol. The molecule has 1 unspecified atom stereocenters. The fraction of sp³-hybridized carbons (Fsp3) is 0.353. The molecule has 0 radical (unpaired) electrons. The van der Waals surface area contributed by atoms with Crippen molar-refractivity contribution < 1.29 is 0 Å². The average Bonchev–Trinajstić information content (AvgIpc) is 2.46. The van der Waals surface area contributed by atoms with Crippen molar-refractivity contribution >= 4 is 11.6 Å². The Kier molecular flexibility index (Phi) is 5.57. The predicted molar refractivity (Wildman–Crippen MR) is 85.2 cm³/mol. The van der Waals surface area contributed by atoms with Gasteiger partial charge < -0.3 is 5.32 Å². The molecule has 2 nitrogen and oxygen atoms in total. The van der Waals surface area contributed by atoms with Gasteiger partial charge >= 0.3 is 0 Å². The molecular formula is C17H21ClN2. The first kappa shape index (κ1) is 15.0. The molecule has 0 amide bonds. The minimum absolute atomic E-state index is 0.248. The first-order chi connectivity index (χ1) is 9.70. The highest BCUT2D eigenvalue weighted by atomic mass is 35.5. The highest BCUT2D eigenvalue weighted by Crippen LogP contribution is 2.20. The molecule has 1 aromatic heterocycles. The van der Waals surface area contributed by atoms with Crippen LogP contribution in [0.4, 0.5) is 0 Å². The van der Waals surface area contributed by atoms with Crippen molar-refractivity contribution in [3.63, 3.8) is 0 Å². The van der Waals surface area contributed by atoms with E-state index in [-0.39, 0.29) is 6.04 Å². The van der Waals surface area contributed by atoms with Gasteiger partial charge in [0.25, 0.3) is 0 Å². The van der Waals surface area contributed by atoms with Gasteiger partial charge in [0, 0.05) is 11.2 Å². The summed E-state index contributed by atoms with van der Waals surface area (Å²) in [6.07, 6.45) is 3.91. The minimum Gasteiger partial charge on any atom is -0.308 e. The van der Waals surface area contributed by atoms with Crippen LogP contribution < -0.4 is 5.32 Å². The molecule has 0 spiro atoms. The quantitative estimate of drug-likeness (QED) is 0.856. The van der Waals surface area contributed by atoms with Gasteiger partial charge in [0.2, 0.25) is 0 Å². The van der Waals surface area contributed by atoms with E-state index in [0.29, 0.717) is 0 Å². The number of nitrogens with one attached hydrogen (secondary N) is 1. The van der Waals surface area contributed by atoms with Crippen LogP contribution in [0.3, 0.4) is 0 Å². The lowest BCUT2D eigenvalue weighted by atomic mass is 10.00. The van der Waals surface area contributed by atoms with Gasteiger partial charge in [0.15, 0.2) is 0 Å². The summed E-state index contributed by atoms with van der Waals surface area (Å²) in [5, 5.41) is 4.37. The van der Waals surface area contributed by atoms with Gasteiger partial charge in [-0.15, -0.1) is 0 Å². The van der Waals surface area contributed by atoms with E-state index >= 15 is 0 Å². The van der Waals surface area contributed by atoms with Crippen molar-refractivity contribution in [2.24, 2.45) is 0 Å². The molecule has 1 N–H and O–H groups in total. The minimum atomic E-state index is 0.248. The molecule has 2 rings (SSSR count). The van der Waals surface area contributed by atoms with E-state index in [1.807, 2.05) is 24.4 Å². The molecule has 0 bridgehead atoms. The number of aryl methyl sites for hydroxylation is 1. The summed E-state index contributed by atoms with van der Waals surface area (Å²) in [6, 6.07) is 12.4. The molecule has 0 aliphatic carbocycles. The van der Waals surface area contributed by atoms with Crippen LogP contribution in [0, 0.1) is 6.92 Å². The van der Waals surface area contributed by atoms with Crippen molar-refractivity contribution in [3.8, 4) is 0 Å². The molecule has 20 heavy (non-hydrogen) atoms. The lowest BCUT2D eigenvalue weighted by Gasteiger charge is -2.20. The summed E-state index contributed by atoms with van der Waals surface area (Å²) in [4.78, 5) is 4.56. The number of benzene rings is 1. The van der Waals surface area contributed by atoms with Gasteiger partial charge in [-0.1, -0.05) is 36.7 Å². The van der Waals surface area contributed by atoms with Gasteiger partial charge in [-0.2, -0.15) is 0 Å². The van der Waals surface area contributed by atoms with E-state index in [4.69, 9.17) is 11.6 Å².